The van der Waals surface area contributed by atoms with E-state index in [1.165, 1.54) is 18.2 Å². The summed E-state index contributed by atoms with van der Waals surface area (Å²) in [5.41, 5.74) is 2.02. The molecule has 1 fully saturated rings. The van der Waals surface area contributed by atoms with E-state index in [4.69, 9.17) is 0 Å². The number of aromatic amines is 1. The number of likely N-dealkylation sites (N-methyl/N-ethyl adjacent to an activating group) is 1. The second kappa shape index (κ2) is 8.35. The SMILES string of the molecule is CC(NC(=O)c1cc2cccc([N+](=O)[O-])c2[nH]1)c1cc(F)ccc1N1CCN(C)CC1. The molecule has 3 aromatic rings. The third-order valence-electron chi connectivity index (χ3n) is 5.72. The van der Waals surface area contributed by atoms with Gasteiger partial charge in [0.2, 0.25) is 0 Å². The van der Waals surface area contributed by atoms with Crippen molar-refractivity contribution in [2.75, 3.05) is 38.1 Å². The number of nitrogens with zero attached hydrogens (tertiary/aromatic N) is 3. The maximum atomic E-state index is 14.0. The number of hydrogen-bond donors (Lipinski definition) is 2. The van der Waals surface area contributed by atoms with Crippen LogP contribution in [-0.4, -0.2) is 53.9 Å². The Kier molecular flexibility index (Phi) is 5.60. The van der Waals surface area contributed by atoms with E-state index in [0.717, 1.165) is 31.9 Å². The van der Waals surface area contributed by atoms with Crippen LogP contribution in [0.4, 0.5) is 15.8 Å². The fourth-order valence-corrected chi connectivity index (χ4v) is 3.97. The molecule has 0 spiro atoms. The molecule has 1 atom stereocenters. The molecule has 2 aromatic carbocycles. The van der Waals surface area contributed by atoms with Gasteiger partial charge in [-0.05, 0) is 38.2 Å². The Morgan fingerprint density at radius 3 is 2.65 bits per heavy atom. The van der Waals surface area contributed by atoms with E-state index in [1.54, 1.807) is 31.2 Å². The van der Waals surface area contributed by atoms with Gasteiger partial charge in [0.05, 0.1) is 11.0 Å². The highest BCUT2D eigenvalue weighted by molar-refractivity contribution is 6.00. The van der Waals surface area contributed by atoms with E-state index in [1.807, 2.05) is 0 Å². The summed E-state index contributed by atoms with van der Waals surface area (Å²) < 4.78 is 14.0. The Labute approximate surface area is 178 Å². The Morgan fingerprint density at radius 2 is 1.94 bits per heavy atom. The van der Waals surface area contributed by atoms with Crippen molar-refractivity contribution in [2.24, 2.45) is 0 Å². The fourth-order valence-electron chi connectivity index (χ4n) is 3.97. The predicted octanol–water partition coefficient (Wildman–Crippen LogP) is 3.46. The molecule has 162 valence electrons. The normalized spacial score (nSPS) is 15.8. The van der Waals surface area contributed by atoms with Crippen LogP contribution in [0, 0.1) is 15.9 Å². The highest BCUT2D eigenvalue weighted by Gasteiger charge is 2.23. The van der Waals surface area contributed by atoms with Gasteiger partial charge < -0.3 is 20.1 Å². The molecule has 1 aromatic heterocycles. The summed E-state index contributed by atoms with van der Waals surface area (Å²) in [6.45, 7) is 5.26. The highest BCUT2D eigenvalue weighted by atomic mass is 19.1. The van der Waals surface area contributed by atoms with Gasteiger partial charge in [-0.1, -0.05) is 12.1 Å². The molecular weight excluding hydrogens is 401 g/mol. The van der Waals surface area contributed by atoms with Crippen molar-refractivity contribution >= 4 is 28.2 Å². The third-order valence-corrected chi connectivity index (χ3v) is 5.72. The van der Waals surface area contributed by atoms with Crippen LogP contribution in [0.1, 0.15) is 29.0 Å². The number of benzene rings is 2. The minimum atomic E-state index is -0.488. The summed E-state index contributed by atoms with van der Waals surface area (Å²) in [6.07, 6.45) is 0. The molecule has 1 saturated heterocycles. The van der Waals surface area contributed by atoms with Gasteiger partial charge in [0.1, 0.15) is 17.0 Å². The monoisotopic (exact) mass is 425 g/mol. The molecule has 0 aliphatic carbocycles. The van der Waals surface area contributed by atoms with Crippen LogP contribution in [0.25, 0.3) is 10.9 Å². The molecule has 9 heteroatoms. The standard InChI is InChI=1S/C22H24FN5O3/c1-14(17-13-16(23)6-7-19(17)27-10-8-26(2)9-11-27)24-22(29)18-12-15-4-3-5-20(28(30)31)21(15)25-18/h3-7,12-14,25H,8-11H2,1-2H3,(H,24,29). The van der Waals surface area contributed by atoms with Crippen molar-refractivity contribution in [1.29, 1.82) is 0 Å². The molecule has 8 nitrogen and oxygen atoms in total. The number of H-pyrrole nitrogens is 1. The minimum absolute atomic E-state index is 0.0907. The van der Waals surface area contributed by atoms with Crippen molar-refractivity contribution in [3.63, 3.8) is 0 Å². The average molecular weight is 425 g/mol. The quantitative estimate of drug-likeness (QED) is 0.482. The number of aromatic nitrogens is 1. The summed E-state index contributed by atoms with van der Waals surface area (Å²) in [5, 5.41) is 14.7. The van der Waals surface area contributed by atoms with Crippen molar-refractivity contribution in [1.82, 2.24) is 15.2 Å². The second-order valence-electron chi connectivity index (χ2n) is 7.87. The van der Waals surface area contributed by atoms with Crippen molar-refractivity contribution in [2.45, 2.75) is 13.0 Å². The van der Waals surface area contributed by atoms with Gasteiger partial charge in [-0.15, -0.1) is 0 Å². The van der Waals surface area contributed by atoms with Gasteiger partial charge in [0, 0.05) is 48.9 Å². The zero-order chi connectivity index (χ0) is 22.1. The van der Waals surface area contributed by atoms with Crippen LogP contribution < -0.4 is 10.2 Å². The lowest BCUT2D eigenvalue weighted by atomic mass is 10.0. The minimum Gasteiger partial charge on any atom is -0.369 e. The number of nitro benzene ring substituents is 1. The van der Waals surface area contributed by atoms with Crippen LogP contribution in [0.15, 0.2) is 42.5 Å². The number of hydrogen-bond acceptors (Lipinski definition) is 5. The second-order valence-corrected chi connectivity index (χ2v) is 7.87. The Bertz CT molecular complexity index is 1140. The van der Waals surface area contributed by atoms with Gasteiger partial charge in [-0.2, -0.15) is 0 Å². The maximum Gasteiger partial charge on any atom is 0.293 e. The number of halogens is 1. The molecule has 2 heterocycles. The lowest BCUT2D eigenvalue weighted by molar-refractivity contribution is -0.383. The number of non-ortho nitro benzene ring substituents is 1. The van der Waals surface area contributed by atoms with Crippen LogP contribution in [0.2, 0.25) is 0 Å². The number of nitro groups is 1. The molecule has 1 unspecified atom stereocenters. The van der Waals surface area contributed by atoms with Gasteiger partial charge in [0.15, 0.2) is 0 Å². The third kappa shape index (κ3) is 4.22. The first-order chi connectivity index (χ1) is 14.8. The number of fused-ring (bicyclic) bond motifs is 1. The lowest BCUT2D eigenvalue weighted by Crippen LogP contribution is -2.45. The highest BCUT2D eigenvalue weighted by Crippen LogP contribution is 2.29. The summed E-state index contributed by atoms with van der Waals surface area (Å²) in [6, 6.07) is 10.4. The van der Waals surface area contributed by atoms with Crippen LogP contribution in [0.5, 0.6) is 0 Å². The maximum absolute atomic E-state index is 14.0. The largest absolute Gasteiger partial charge is 0.369 e. The first-order valence-corrected chi connectivity index (χ1v) is 10.1. The Morgan fingerprint density at radius 1 is 1.19 bits per heavy atom. The molecule has 0 bridgehead atoms. The summed E-state index contributed by atoms with van der Waals surface area (Å²) in [7, 11) is 2.07. The van der Waals surface area contributed by atoms with Crippen molar-refractivity contribution in [3.8, 4) is 0 Å². The predicted molar refractivity (Wildman–Crippen MR) is 117 cm³/mol. The van der Waals surface area contributed by atoms with E-state index in [9.17, 15) is 19.3 Å². The van der Waals surface area contributed by atoms with Crippen LogP contribution in [-0.2, 0) is 0 Å². The van der Waals surface area contributed by atoms with E-state index >= 15 is 0 Å². The van der Waals surface area contributed by atoms with E-state index in [-0.39, 0.29) is 17.2 Å². The smallest absolute Gasteiger partial charge is 0.293 e. The fraction of sp³-hybridized carbons (Fsp3) is 0.318. The molecule has 1 amide bonds. The van der Waals surface area contributed by atoms with Crippen molar-refractivity contribution < 1.29 is 14.1 Å². The number of amides is 1. The molecule has 31 heavy (non-hydrogen) atoms. The van der Waals surface area contributed by atoms with Gasteiger partial charge in [0.25, 0.3) is 11.6 Å². The molecule has 0 radical (unpaired) electrons. The van der Waals surface area contributed by atoms with E-state index in [0.29, 0.717) is 16.5 Å². The van der Waals surface area contributed by atoms with E-state index in [2.05, 4.69) is 27.1 Å². The molecular formula is C22H24FN5O3. The van der Waals surface area contributed by atoms with E-state index < -0.39 is 16.9 Å². The molecule has 4 rings (SSSR count). The number of anilines is 1. The van der Waals surface area contributed by atoms with Gasteiger partial charge in [-0.3, -0.25) is 14.9 Å². The van der Waals surface area contributed by atoms with Crippen molar-refractivity contribution in [3.05, 3.63) is 69.7 Å². The summed E-state index contributed by atoms with van der Waals surface area (Å²) >= 11 is 0. The van der Waals surface area contributed by atoms with Crippen LogP contribution in [0.3, 0.4) is 0 Å². The number of rotatable bonds is 5. The van der Waals surface area contributed by atoms with Gasteiger partial charge in [-0.25, -0.2) is 4.39 Å². The zero-order valence-corrected chi connectivity index (χ0v) is 17.4. The Hall–Kier alpha value is -3.46. The summed E-state index contributed by atoms with van der Waals surface area (Å²) in [5.74, 6) is -0.776. The molecule has 2 N–H and O–H groups in total. The molecule has 0 saturated carbocycles. The van der Waals surface area contributed by atoms with Gasteiger partial charge >= 0.3 is 0 Å². The Balaban J connectivity index is 1.58. The zero-order valence-electron chi connectivity index (χ0n) is 17.4. The van der Waals surface area contributed by atoms with Crippen LogP contribution >= 0.6 is 0 Å². The number of nitrogens with one attached hydrogen (secondary N) is 2. The lowest BCUT2D eigenvalue weighted by Gasteiger charge is -2.36. The number of piperazine rings is 1. The number of carbonyl (C=O) groups excluding carboxylic acids is 1. The average Bonchev–Trinajstić information content (AvgIpc) is 3.19. The molecule has 1 aliphatic heterocycles. The summed E-state index contributed by atoms with van der Waals surface area (Å²) in [4.78, 5) is 30.9. The first-order valence-electron chi connectivity index (χ1n) is 10.1. The number of para-hydroxylation sites is 1. The first kappa shape index (κ1) is 20.8. The number of carbonyl (C=O) groups is 1. The molecule has 1 aliphatic rings. The topological polar surface area (TPSA) is 94.5 Å².